The van der Waals surface area contributed by atoms with Gasteiger partial charge in [0.1, 0.15) is 0 Å². The van der Waals surface area contributed by atoms with E-state index in [0.717, 1.165) is 31.2 Å². The van der Waals surface area contributed by atoms with E-state index in [0.29, 0.717) is 18.1 Å². The van der Waals surface area contributed by atoms with Gasteiger partial charge in [-0.1, -0.05) is 18.0 Å². The Balaban J connectivity index is 1.42. The first kappa shape index (κ1) is 15.7. The molecule has 0 radical (unpaired) electrons. The van der Waals surface area contributed by atoms with Gasteiger partial charge < -0.3 is 9.84 Å². The van der Waals surface area contributed by atoms with Crippen molar-refractivity contribution in [2.45, 2.75) is 38.1 Å². The van der Waals surface area contributed by atoms with E-state index in [4.69, 9.17) is 4.52 Å². The van der Waals surface area contributed by atoms with Crippen molar-refractivity contribution in [1.29, 1.82) is 0 Å². The van der Waals surface area contributed by atoms with E-state index in [1.807, 2.05) is 0 Å². The first-order valence-corrected chi connectivity index (χ1v) is 8.57. The summed E-state index contributed by atoms with van der Waals surface area (Å²) in [6.45, 7) is 0.242. The molecule has 25 heavy (non-hydrogen) atoms. The number of fused-ring (bicyclic) bond motifs is 1. The maximum Gasteiger partial charge on any atom is 0.324 e. The van der Waals surface area contributed by atoms with Gasteiger partial charge in [0, 0.05) is 37.0 Å². The first-order valence-electron chi connectivity index (χ1n) is 8.57. The third kappa shape index (κ3) is 3.11. The largest absolute Gasteiger partial charge is 0.339 e. The summed E-state index contributed by atoms with van der Waals surface area (Å²) in [5, 5.41) is 6.89. The number of nitrogens with zero attached hydrogens (tertiary/aromatic N) is 4. The van der Waals surface area contributed by atoms with Gasteiger partial charge in [0.25, 0.3) is 0 Å². The van der Waals surface area contributed by atoms with E-state index in [1.54, 1.807) is 24.5 Å². The van der Waals surface area contributed by atoms with Crippen LogP contribution in [0.4, 0.5) is 4.79 Å². The molecule has 2 atom stereocenters. The molecule has 0 aromatic carbocycles. The Bertz CT molecular complexity index is 776. The summed E-state index contributed by atoms with van der Waals surface area (Å²) in [4.78, 5) is 34.4. The summed E-state index contributed by atoms with van der Waals surface area (Å²) in [5.74, 6) is 0.696. The van der Waals surface area contributed by atoms with Crippen LogP contribution in [0.15, 0.2) is 29.0 Å². The number of carbonyl (C=O) groups is 2. The van der Waals surface area contributed by atoms with Crippen LogP contribution >= 0.6 is 0 Å². The standard InChI is InChI=1S/C17H19N5O3/c23-16-12-3-1-2-4-13(12)19-17(24)22(16)10-7-14-20-15(21-25-14)11-5-8-18-9-6-11/h5-6,8-9,12-13H,1-4,7,10H2,(H,19,24). The molecule has 1 N–H and O–H groups in total. The van der Waals surface area contributed by atoms with Crippen LogP contribution < -0.4 is 5.32 Å². The van der Waals surface area contributed by atoms with Crippen LogP contribution in [0, 0.1) is 5.92 Å². The zero-order chi connectivity index (χ0) is 17.2. The number of carbonyl (C=O) groups excluding carboxylic acids is 2. The lowest BCUT2D eigenvalue weighted by Crippen LogP contribution is -2.61. The van der Waals surface area contributed by atoms with Crippen molar-refractivity contribution in [2.24, 2.45) is 5.92 Å². The van der Waals surface area contributed by atoms with Crippen molar-refractivity contribution >= 4 is 11.9 Å². The number of hydrogen-bond acceptors (Lipinski definition) is 6. The Hall–Kier alpha value is -2.77. The molecule has 130 valence electrons. The van der Waals surface area contributed by atoms with Gasteiger partial charge in [-0.25, -0.2) is 4.79 Å². The van der Waals surface area contributed by atoms with Crippen LogP contribution in [0.1, 0.15) is 31.6 Å². The maximum atomic E-state index is 12.6. The lowest BCUT2D eigenvalue weighted by Gasteiger charge is -2.39. The molecule has 4 rings (SSSR count). The molecule has 1 aliphatic heterocycles. The van der Waals surface area contributed by atoms with Gasteiger partial charge in [0.05, 0.1) is 5.92 Å². The predicted molar refractivity (Wildman–Crippen MR) is 87.2 cm³/mol. The minimum atomic E-state index is -0.318. The number of imide groups is 1. The van der Waals surface area contributed by atoms with Crippen molar-refractivity contribution in [2.75, 3.05) is 6.54 Å². The fraction of sp³-hybridized carbons (Fsp3) is 0.471. The molecule has 2 aromatic heterocycles. The normalized spacial score (nSPS) is 23.3. The van der Waals surface area contributed by atoms with Crippen molar-refractivity contribution in [1.82, 2.24) is 25.3 Å². The van der Waals surface area contributed by atoms with E-state index >= 15 is 0 Å². The monoisotopic (exact) mass is 341 g/mol. The number of rotatable bonds is 4. The highest BCUT2D eigenvalue weighted by molar-refractivity contribution is 5.98. The molecule has 1 saturated heterocycles. The van der Waals surface area contributed by atoms with E-state index in [1.165, 1.54) is 4.90 Å². The predicted octanol–water partition coefficient (Wildman–Crippen LogP) is 1.78. The van der Waals surface area contributed by atoms with Crippen molar-refractivity contribution in [3.8, 4) is 11.4 Å². The molecule has 3 amide bonds. The highest BCUT2D eigenvalue weighted by atomic mass is 16.5. The van der Waals surface area contributed by atoms with Crippen LogP contribution in [0.3, 0.4) is 0 Å². The van der Waals surface area contributed by atoms with E-state index < -0.39 is 0 Å². The molecule has 2 unspecified atom stereocenters. The van der Waals surface area contributed by atoms with Gasteiger partial charge >= 0.3 is 6.03 Å². The van der Waals surface area contributed by atoms with Crippen LogP contribution in [-0.4, -0.2) is 44.5 Å². The number of urea groups is 1. The zero-order valence-corrected chi connectivity index (χ0v) is 13.7. The number of aromatic nitrogens is 3. The smallest absolute Gasteiger partial charge is 0.324 e. The van der Waals surface area contributed by atoms with Crippen LogP contribution in [0.5, 0.6) is 0 Å². The van der Waals surface area contributed by atoms with Crippen LogP contribution in [0.2, 0.25) is 0 Å². The summed E-state index contributed by atoms with van der Waals surface area (Å²) in [6.07, 6.45) is 7.48. The Morgan fingerprint density at radius 2 is 2.00 bits per heavy atom. The number of nitrogens with one attached hydrogen (secondary N) is 1. The minimum Gasteiger partial charge on any atom is -0.339 e. The quantitative estimate of drug-likeness (QED) is 0.910. The second-order valence-corrected chi connectivity index (χ2v) is 6.43. The van der Waals surface area contributed by atoms with Crippen LogP contribution in [-0.2, 0) is 11.2 Å². The van der Waals surface area contributed by atoms with Crippen LogP contribution in [0.25, 0.3) is 11.4 Å². The van der Waals surface area contributed by atoms with Gasteiger partial charge in [0.15, 0.2) is 0 Å². The van der Waals surface area contributed by atoms with Gasteiger partial charge in [-0.05, 0) is 25.0 Å². The third-order valence-corrected chi connectivity index (χ3v) is 4.86. The van der Waals surface area contributed by atoms with E-state index in [9.17, 15) is 9.59 Å². The molecule has 8 heteroatoms. The average Bonchev–Trinajstić information content (AvgIpc) is 3.11. The third-order valence-electron chi connectivity index (χ3n) is 4.86. The maximum absolute atomic E-state index is 12.6. The van der Waals surface area contributed by atoms with E-state index in [2.05, 4.69) is 20.4 Å². The Morgan fingerprint density at radius 1 is 1.20 bits per heavy atom. The number of pyridine rings is 1. The zero-order valence-electron chi connectivity index (χ0n) is 13.7. The highest BCUT2D eigenvalue weighted by Crippen LogP contribution is 2.29. The minimum absolute atomic E-state index is 0.00769. The van der Waals surface area contributed by atoms with Crippen molar-refractivity contribution < 1.29 is 14.1 Å². The Morgan fingerprint density at radius 3 is 2.84 bits per heavy atom. The summed E-state index contributed by atoms with van der Waals surface area (Å²) in [5.41, 5.74) is 0.807. The average molecular weight is 341 g/mol. The summed E-state index contributed by atoms with van der Waals surface area (Å²) >= 11 is 0. The van der Waals surface area contributed by atoms with Gasteiger partial charge in [-0.15, -0.1) is 0 Å². The van der Waals surface area contributed by atoms with E-state index in [-0.39, 0.29) is 30.4 Å². The summed E-state index contributed by atoms with van der Waals surface area (Å²) in [7, 11) is 0. The molecular formula is C17H19N5O3. The SMILES string of the molecule is O=C1NC2CCCCC2C(=O)N1CCc1nc(-c2ccncc2)no1. The highest BCUT2D eigenvalue weighted by Gasteiger charge is 2.41. The second-order valence-electron chi connectivity index (χ2n) is 6.43. The topological polar surface area (TPSA) is 101 Å². The summed E-state index contributed by atoms with van der Waals surface area (Å²) < 4.78 is 5.24. The lowest BCUT2D eigenvalue weighted by atomic mass is 9.82. The molecule has 0 spiro atoms. The fourth-order valence-corrected chi connectivity index (χ4v) is 3.53. The van der Waals surface area contributed by atoms with Gasteiger partial charge in [-0.2, -0.15) is 4.98 Å². The first-order chi connectivity index (χ1) is 12.2. The van der Waals surface area contributed by atoms with Crippen molar-refractivity contribution in [3.05, 3.63) is 30.4 Å². The Kier molecular flexibility index (Phi) is 4.17. The lowest BCUT2D eigenvalue weighted by molar-refractivity contribution is -0.136. The fourth-order valence-electron chi connectivity index (χ4n) is 3.53. The molecule has 2 aromatic rings. The molecule has 8 nitrogen and oxygen atoms in total. The molecule has 1 saturated carbocycles. The second kappa shape index (κ2) is 6.62. The molecule has 3 heterocycles. The number of hydrogen-bond donors (Lipinski definition) is 1. The molecule has 1 aliphatic carbocycles. The van der Waals surface area contributed by atoms with Crippen molar-refractivity contribution in [3.63, 3.8) is 0 Å². The Labute approximate surface area is 144 Å². The number of amides is 3. The van der Waals surface area contributed by atoms with Gasteiger partial charge in [-0.3, -0.25) is 14.7 Å². The summed E-state index contributed by atoms with van der Waals surface area (Å²) in [6, 6.07) is 3.26. The molecule has 2 fully saturated rings. The molecule has 2 aliphatic rings. The molecular weight excluding hydrogens is 322 g/mol. The molecule has 0 bridgehead atoms. The van der Waals surface area contributed by atoms with Gasteiger partial charge in [0.2, 0.25) is 17.6 Å².